The summed E-state index contributed by atoms with van der Waals surface area (Å²) in [4.78, 5) is 24.7. The zero-order chi connectivity index (χ0) is 60.1. The van der Waals surface area contributed by atoms with Gasteiger partial charge in [-0.1, -0.05) is 123 Å². The van der Waals surface area contributed by atoms with Crippen molar-refractivity contribution in [2.45, 2.75) is 103 Å². The Balaban J connectivity index is 0.976. The molecule has 20 heteroatoms. The highest BCUT2D eigenvalue weighted by Gasteiger charge is 2.48. The van der Waals surface area contributed by atoms with Crippen LogP contribution in [-0.4, -0.2) is 76.0 Å². The fourth-order valence-electron chi connectivity index (χ4n) is 10.9. The average molecular weight is 1190 g/mol. The molecule has 0 radical (unpaired) electrons. The number of allylic oxidation sites excluding steroid dienone is 8. The number of benzene rings is 6. The second-order valence-corrected chi connectivity index (χ2v) is 24.7. The van der Waals surface area contributed by atoms with E-state index in [1.165, 1.54) is 0 Å². The summed E-state index contributed by atoms with van der Waals surface area (Å²) in [6.45, 7) is 11.4. The van der Waals surface area contributed by atoms with Crippen LogP contribution in [0.25, 0.3) is 21.5 Å². The van der Waals surface area contributed by atoms with Crippen LogP contribution in [-0.2, 0) is 49.0 Å². The molecule has 0 saturated heterocycles. The van der Waals surface area contributed by atoms with Gasteiger partial charge in [0.15, 0.2) is 17.9 Å². The molecule has 2 unspecified atom stereocenters. The number of esters is 2. The first-order valence-electron chi connectivity index (χ1n) is 26.8. The molecule has 6 aromatic rings. The summed E-state index contributed by atoms with van der Waals surface area (Å²) in [7, 11) is -9.37. The van der Waals surface area contributed by atoms with Crippen molar-refractivity contribution in [1.29, 1.82) is 0 Å². The maximum Gasteiger partial charge on any atom is 0.420 e. The molecule has 0 fully saturated rings. The van der Waals surface area contributed by atoms with Crippen LogP contribution in [0.2, 0.25) is 0 Å². The van der Waals surface area contributed by atoms with E-state index in [4.69, 9.17) is 17.8 Å². The van der Waals surface area contributed by atoms with E-state index >= 15 is 0 Å². The smallest absolute Gasteiger partial charge is 0.420 e. The normalized spacial score (nSPS) is 16.6. The van der Waals surface area contributed by atoms with Gasteiger partial charge in [-0.25, -0.2) is 0 Å². The monoisotopic (exact) mass is 1190 g/mol. The first-order valence-corrected chi connectivity index (χ1v) is 29.9. The van der Waals surface area contributed by atoms with E-state index in [1.54, 1.807) is 0 Å². The number of carbonyl (C=O) groups excluding carboxylic acids is 2. The average Bonchev–Trinajstić information content (AvgIpc) is 1.76. The first-order chi connectivity index (χ1) is 39.1. The van der Waals surface area contributed by atoms with Gasteiger partial charge in [-0.3, -0.25) is 18.0 Å². The Bertz CT molecular complexity index is 3790. The lowest BCUT2D eigenvalue weighted by atomic mass is 9.79. The minimum Gasteiger partial charge on any atom is -0.427 e. The quantitative estimate of drug-likeness (QED) is 0.0122. The second-order valence-electron chi connectivity index (χ2n) is 21.3. The zero-order valence-corrected chi connectivity index (χ0v) is 48.1. The minimum absolute atomic E-state index is 0.00759. The maximum absolute atomic E-state index is 14.2. The highest BCUT2D eigenvalue weighted by Crippen LogP contribution is 2.51. The Kier molecular flexibility index (Phi) is 18.4. The Labute approximate surface area is 479 Å². The zero-order valence-electron chi connectivity index (χ0n) is 46.5. The molecule has 0 N–H and O–H groups in total. The third-order valence-corrected chi connectivity index (χ3v) is 17.0. The molecule has 0 saturated carbocycles. The molecule has 2 heterocycles. The molecule has 0 spiro atoms. The summed E-state index contributed by atoms with van der Waals surface area (Å²) < 4.78 is 159. The summed E-state index contributed by atoms with van der Waals surface area (Å²) in [5, 5.41) is 4.15. The van der Waals surface area contributed by atoms with E-state index < -0.39 is 90.2 Å². The van der Waals surface area contributed by atoms with Crippen LogP contribution >= 0.6 is 0 Å². The summed E-state index contributed by atoms with van der Waals surface area (Å²) >= 11 is 0. The van der Waals surface area contributed by atoms with Crippen molar-refractivity contribution >= 4 is 70.8 Å². The van der Waals surface area contributed by atoms with Crippen molar-refractivity contribution in [2.24, 2.45) is 0 Å². The fraction of sp³-hybridized carbons (Fsp3) is 0.317. The SMILES string of the molecule is CC(=O)Oc1ccc(C(OS(=O)(=O)CCCCN2/C(=C/C=C/C=C/C=C/C3=[N+](CCCCS(=O)(=O)OC(c4ccc(OC(C)=O)cc4)C(F)(F)F)c4ccc5ccccc5c4C3(C)C)C(C)(C)c3c2ccc2ccccc32)C(F)(F)F)cc1. The number of ether oxygens (including phenoxy) is 2. The Hall–Kier alpha value is -7.39. The van der Waals surface area contributed by atoms with Crippen LogP contribution in [0.1, 0.15) is 102 Å². The van der Waals surface area contributed by atoms with Crippen molar-refractivity contribution in [1.82, 2.24) is 0 Å². The van der Waals surface area contributed by atoms with Crippen LogP contribution in [0, 0.1) is 0 Å². The topological polar surface area (TPSA) is 146 Å². The van der Waals surface area contributed by atoms with E-state index in [1.807, 2.05) is 115 Å². The van der Waals surface area contributed by atoms with Crippen molar-refractivity contribution in [3.8, 4) is 11.5 Å². The van der Waals surface area contributed by atoms with Crippen molar-refractivity contribution < 1.29 is 75.2 Å². The maximum atomic E-state index is 14.2. The number of nitrogens with zero attached hydrogens (tertiary/aromatic N) is 2. The van der Waals surface area contributed by atoms with Crippen molar-refractivity contribution in [3.05, 3.63) is 192 Å². The molecule has 2 aliphatic rings. The minimum atomic E-state index is -5.07. The molecule has 438 valence electrons. The molecular formula is C63H63F6N2O10S2+. The molecule has 0 aromatic heterocycles. The van der Waals surface area contributed by atoms with Gasteiger partial charge in [0.1, 0.15) is 18.0 Å². The van der Waals surface area contributed by atoms with Gasteiger partial charge in [-0.05, 0) is 114 Å². The van der Waals surface area contributed by atoms with Gasteiger partial charge in [-0.2, -0.15) is 47.8 Å². The molecule has 83 heavy (non-hydrogen) atoms. The fourth-order valence-corrected chi connectivity index (χ4v) is 13.2. The number of hydrogen-bond donors (Lipinski definition) is 0. The molecule has 6 aromatic carbocycles. The Morgan fingerprint density at radius 1 is 0.566 bits per heavy atom. The number of fused-ring (bicyclic) bond motifs is 6. The lowest BCUT2D eigenvalue weighted by Crippen LogP contribution is -2.28. The van der Waals surface area contributed by atoms with E-state index in [-0.39, 0.29) is 37.2 Å². The van der Waals surface area contributed by atoms with Crippen LogP contribution < -0.4 is 14.4 Å². The predicted molar refractivity (Wildman–Crippen MR) is 308 cm³/mol. The number of hydrogen-bond acceptors (Lipinski definition) is 11. The number of alkyl halides is 6. The van der Waals surface area contributed by atoms with E-state index in [9.17, 15) is 52.8 Å². The molecule has 8 rings (SSSR count). The molecule has 0 amide bonds. The van der Waals surface area contributed by atoms with Gasteiger partial charge in [0, 0.05) is 61.3 Å². The third-order valence-electron chi connectivity index (χ3n) is 14.5. The van der Waals surface area contributed by atoms with Gasteiger partial charge in [-0.15, -0.1) is 0 Å². The lowest BCUT2D eigenvalue weighted by molar-refractivity contribution is -0.438. The molecule has 0 aliphatic carbocycles. The summed E-state index contributed by atoms with van der Waals surface area (Å²) in [5.74, 6) is -2.70. The van der Waals surface area contributed by atoms with E-state index in [0.29, 0.717) is 13.1 Å². The summed E-state index contributed by atoms with van der Waals surface area (Å²) in [5.41, 5.74) is 3.77. The van der Waals surface area contributed by atoms with Crippen LogP contribution in [0.15, 0.2) is 170 Å². The molecular weight excluding hydrogens is 1120 g/mol. The van der Waals surface area contributed by atoms with Crippen LogP contribution in [0.5, 0.6) is 11.5 Å². The number of halogens is 6. The van der Waals surface area contributed by atoms with Crippen LogP contribution in [0.3, 0.4) is 0 Å². The second kappa shape index (κ2) is 24.8. The first kappa shape index (κ1) is 61.7. The standard InChI is InChI=1S/C63H63F6N2O10S2/c1-42(72)78-48-32-26-46(27-33-48)58(62(64,65)66)80-82(74,75)40-18-16-38-70-52-36-30-44-20-12-14-22-50(44)56(52)60(3,4)54(70)24-10-8-7-9-11-25-55-61(5,6)57-51-23-15-13-21-45(51)31-37-53(57)71(55)39-17-19-41-83(76,77)81-59(63(67,68)69)47-28-34-49(35-29-47)79-43(2)73/h7-15,20-37,58-59H,16-19,38-41H2,1-6H3/q+1. The highest BCUT2D eigenvalue weighted by molar-refractivity contribution is 7.86. The molecule has 12 nitrogen and oxygen atoms in total. The van der Waals surface area contributed by atoms with Gasteiger partial charge in [0.2, 0.25) is 5.69 Å². The van der Waals surface area contributed by atoms with Crippen molar-refractivity contribution in [3.63, 3.8) is 0 Å². The highest BCUT2D eigenvalue weighted by atomic mass is 32.2. The van der Waals surface area contributed by atoms with E-state index in [2.05, 4.69) is 37.2 Å². The lowest BCUT2D eigenvalue weighted by Gasteiger charge is -2.27. The number of anilines is 1. The predicted octanol–water partition coefficient (Wildman–Crippen LogP) is 14.4. The van der Waals surface area contributed by atoms with Gasteiger partial charge >= 0.3 is 24.3 Å². The van der Waals surface area contributed by atoms with Gasteiger partial charge in [0.25, 0.3) is 20.2 Å². The largest absolute Gasteiger partial charge is 0.427 e. The summed E-state index contributed by atoms with van der Waals surface area (Å²) in [6.07, 6.45) is -1.77. The molecule has 2 aliphatic heterocycles. The van der Waals surface area contributed by atoms with Gasteiger partial charge < -0.3 is 14.4 Å². The van der Waals surface area contributed by atoms with Crippen LogP contribution in [0.4, 0.5) is 37.7 Å². The Morgan fingerprint density at radius 2 is 1.04 bits per heavy atom. The molecule has 2 atom stereocenters. The van der Waals surface area contributed by atoms with E-state index in [0.717, 1.165) is 118 Å². The number of unbranched alkanes of at least 4 members (excludes halogenated alkanes) is 2. The van der Waals surface area contributed by atoms with Crippen molar-refractivity contribution in [2.75, 3.05) is 29.5 Å². The summed E-state index contributed by atoms with van der Waals surface area (Å²) in [6, 6.07) is 32.6. The Morgan fingerprint density at radius 3 is 1.55 bits per heavy atom. The number of rotatable bonds is 22. The third kappa shape index (κ3) is 14.5. The molecule has 0 bridgehead atoms. The number of carbonyl (C=O) groups is 2. The van der Waals surface area contributed by atoms with Gasteiger partial charge in [0.05, 0.1) is 16.9 Å².